The Labute approximate surface area is 210 Å². The lowest BCUT2D eigenvalue weighted by Crippen LogP contribution is -2.21. The Morgan fingerprint density at radius 1 is 0.806 bits per heavy atom. The minimum atomic E-state index is -0.592. The van der Waals surface area contributed by atoms with E-state index in [4.69, 9.17) is 18.9 Å². The zero-order chi connectivity index (χ0) is 26.3. The van der Waals surface area contributed by atoms with Gasteiger partial charge in [0.1, 0.15) is 11.5 Å². The number of benzene rings is 2. The van der Waals surface area contributed by atoms with Gasteiger partial charge in [-0.2, -0.15) is 0 Å². The van der Waals surface area contributed by atoms with Crippen LogP contribution in [0.1, 0.15) is 49.4 Å². The van der Waals surface area contributed by atoms with Gasteiger partial charge in [0, 0.05) is 24.6 Å². The van der Waals surface area contributed by atoms with Gasteiger partial charge in [0.05, 0.1) is 32.1 Å². The van der Waals surface area contributed by atoms with Crippen molar-refractivity contribution in [3.8, 4) is 11.5 Å². The van der Waals surface area contributed by atoms with Crippen LogP contribution in [0, 0.1) is 0 Å². The second-order valence-electron chi connectivity index (χ2n) is 7.74. The zero-order valence-electron chi connectivity index (χ0n) is 20.8. The van der Waals surface area contributed by atoms with Crippen LogP contribution in [0.4, 0.5) is 11.4 Å². The summed E-state index contributed by atoms with van der Waals surface area (Å²) in [4.78, 5) is 48.0. The average molecular weight is 501 g/mol. The lowest BCUT2D eigenvalue weighted by atomic mass is 10.2. The molecule has 0 saturated carbocycles. The molecule has 0 heterocycles. The molecule has 0 aromatic heterocycles. The highest BCUT2D eigenvalue weighted by Gasteiger charge is 2.13. The topological polar surface area (TPSA) is 129 Å². The second-order valence-corrected chi connectivity index (χ2v) is 7.74. The molecule has 194 valence electrons. The highest BCUT2D eigenvalue weighted by Crippen LogP contribution is 2.28. The first-order valence-electron chi connectivity index (χ1n) is 11.6. The molecule has 0 spiro atoms. The van der Waals surface area contributed by atoms with Gasteiger partial charge in [-0.3, -0.25) is 14.4 Å². The van der Waals surface area contributed by atoms with E-state index in [2.05, 4.69) is 10.6 Å². The van der Waals surface area contributed by atoms with Crippen molar-refractivity contribution in [1.29, 1.82) is 0 Å². The van der Waals surface area contributed by atoms with Crippen molar-refractivity contribution in [3.05, 3.63) is 48.0 Å². The van der Waals surface area contributed by atoms with Crippen LogP contribution in [-0.2, 0) is 23.9 Å². The Kier molecular flexibility index (Phi) is 11.8. The summed E-state index contributed by atoms with van der Waals surface area (Å²) in [5.41, 5.74) is 1.34. The number of esters is 2. The summed E-state index contributed by atoms with van der Waals surface area (Å²) in [6, 6.07) is 11.3. The van der Waals surface area contributed by atoms with E-state index >= 15 is 0 Å². The summed E-state index contributed by atoms with van der Waals surface area (Å²) in [6.07, 6.45) is 2.06. The molecule has 0 atom stereocenters. The first-order chi connectivity index (χ1) is 17.4. The summed E-state index contributed by atoms with van der Waals surface area (Å²) >= 11 is 0. The molecule has 0 saturated heterocycles. The molecule has 0 bridgehead atoms. The minimum absolute atomic E-state index is 0.0188. The number of ether oxygens (including phenoxy) is 4. The van der Waals surface area contributed by atoms with E-state index < -0.39 is 24.5 Å². The monoisotopic (exact) mass is 500 g/mol. The largest absolute Gasteiger partial charge is 0.497 e. The number of carbonyl (C=O) groups is 4. The van der Waals surface area contributed by atoms with Gasteiger partial charge >= 0.3 is 11.9 Å². The quantitative estimate of drug-likeness (QED) is 0.295. The maximum Gasteiger partial charge on any atom is 0.338 e. The van der Waals surface area contributed by atoms with Crippen molar-refractivity contribution in [2.45, 2.75) is 39.0 Å². The van der Waals surface area contributed by atoms with Crippen LogP contribution in [0.15, 0.2) is 42.5 Å². The molecule has 0 unspecified atom stereocenters. The van der Waals surface area contributed by atoms with Gasteiger partial charge in [-0.1, -0.05) is 13.3 Å². The fourth-order valence-corrected chi connectivity index (χ4v) is 3.01. The van der Waals surface area contributed by atoms with Crippen LogP contribution in [0.25, 0.3) is 0 Å². The number of hydrogen-bond acceptors (Lipinski definition) is 8. The van der Waals surface area contributed by atoms with Crippen LogP contribution in [0.2, 0.25) is 0 Å². The molecule has 0 aliphatic carbocycles. The van der Waals surface area contributed by atoms with E-state index in [1.165, 1.54) is 14.2 Å². The summed E-state index contributed by atoms with van der Waals surface area (Å²) in [6.45, 7) is 1.92. The van der Waals surface area contributed by atoms with E-state index in [1.807, 2.05) is 6.92 Å². The van der Waals surface area contributed by atoms with Crippen LogP contribution >= 0.6 is 0 Å². The fourth-order valence-electron chi connectivity index (χ4n) is 3.01. The third-order valence-corrected chi connectivity index (χ3v) is 4.97. The molecule has 2 amide bonds. The third kappa shape index (κ3) is 9.65. The van der Waals surface area contributed by atoms with Crippen LogP contribution < -0.4 is 20.1 Å². The van der Waals surface area contributed by atoms with Gasteiger partial charge in [-0.25, -0.2) is 4.79 Å². The molecule has 0 fully saturated rings. The first-order valence-corrected chi connectivity index (χ1v) is 11.6. The summed E-state index contributed by atoms with van der Waals surface area (Å²) in [5, 5.41) is 5.31. The van der Waals surface area contributed by atoms with Gasteiger partial charge < -0.3 is 29.6 Å². The molecule has 0 aliphatic rings. The minimum Gasteiger partial charge on any atom is -0.497 e. The van der Waals surface area contributed by atoms with Gasteiger partial charge in [0.25, 0.3) is 5.91 Å². The van der Waals surface area contributed by atoms with E-state index in [-0.39, 0.29) is 25.2 Å². The molecule has 2 rings (SSSR count). The maximum absolute atomic E-state index is 12.1. The standard InChI is InChI=1S/C26H32N2O8/c1-4-5-15-35-26(32)18-9-11-19(12-10-18)27-23(29)7-6-8-25(31)36-17-24(30)28-21-14-13-20(33-2)16-22(21)34-3/h9-14,16H,4-8,15,17H2,1-3H3,(H,27,29)(H,28,30). The summed E-state index contributed by atoms with van der Waals surface area (Å²) in [5.74, 6) is -0.837. The van der Waals surface area contributed by atoms with Crippen molar-refractivity contribution < 1.29 is 38.1 Å². The predicted molar refractivity (Wildman–Crippen MR) is 133 cm³/mol. The Morgan fingerprint density at radius 2 is 1.56 bits per heavy atom. The number of nitrogens with one attached hydrogen (secondary N) is 2. The Balaban J connectivity index is 1.67. The highest BCUT2D eigenvalue weighted by molar-refractivity contribution is 5.95. The van der Waals surface area contributed by atoms with Gasteiger partial charge in [-0.05, 0) is 49.2 Å². The highest BCUT2D eigenvalue weighted by atomic mass is 16.5. The smallest absolute Gasteiger partial charge is 0.338 e. The van der Waals surface area contributed by atoms with Crippen LogP contribution in [0.5, 0.6) is 11.5 Å². The molecule has 0 aliphatic heterocycles. The Bertz CT molecular complexity index is 1040. The van der Waals surface area contributed by atoms with E-state index in [0.29, 0.717) is 35.0 Å². The molecule has 10 heteroatoms. The maximum atomic E-state index is 12.1. The molecular weight excluding hydrogens is 468 g/mol. The molecule has 2 aromatic rings. The molecule has 2 aromatic carbocycles. The lowest BCUT2D eigenvalue weighted by Gasteiger charge is -2.11. The third-order valence-electron chi connectivity index (χ3n) is 4.97. The Morgan fingerprint density at radius 3 is 2.22 bits per heavy atom. The van der Waals surface area contributed by atoms with Crippen molar-refractivity contribution in [2.24, 2.45) is 0 Å². The molecule has 2 N–H and O–H groups in total. The van der Waals surface area contributed by atoms with Crippen molar-refractivity contribution in [1.82, 2.24) is 0 Å². The zero-order valence-corrected chi connectivity index (χ0v) is 20.8. The SMILES string of the molecule is CCCCOC(=O)c1ccc(NC(=O)CCCC(=O)OCC(=O)Nc2ccc(OC)cc2OC)cc1. The lowest BCUT2D eigenvalue weighted by molar-refractivity contribution is -0.147. The van der Waals surface area contributed by atoms with E-state index in [9.17, 15) is 19.2 Å². The Hall–Kier alpha value is -4.08. The molecular formula is C26H32N2O8. The van der Waals surface area contributed by atoms with E-state index in [0.717, 1.165) is 12.8 Å². The number of amides is 2. The van der Waals surface area contributed by atoms with Crippen LogP contribution in [-0.4, -0.2) is 51.2 Å². The van der Waals surface area contributed by atoms with Crippen LogP contribution in [0.3, 0.4) is 0 Å². The molecule has 36 heavy (non-hydrogen) atoms. The molecule has 10 nitrogen and oxygen atoms in total. The van der Waals surface area contributed by atoms with Crippen molar-refractivity contribution >= 4 is 35.1 Å². The first kappa shape index (κ1) is 28.2. The van der Waals surface area contributed by atoms with E-state index in [1.54, 1.807) is 42.5 Å². The van der Waals surface area contributed by atoms with Gasteiger partial charge in [-0.15, -0.1) is 0 Å². The van der Waals surface area contributed by atoms with Gasteiger partial charge in [0.15, 0.2) is 6.61 Å². The summed E-state index contributed by atoms with van der Waals surface area (Å²) in [7, 11) is 2.98. The predicted octanol–water partition coefficient (Wildman–Crippen LogP) is 3.95. The second kappa shape index (κ2) is 15.0. The number of carbonyl (C=O) groups excluding carboxylic acids is 4. The van der Waals surface area contributed by atoms with Gasteiger partial charge in [0.2, 0.25) is 5.91 Å². The number of rotatable bonds is 14. The number of hydrogen-bond donors (Lipinski definition) is 2. The number of unbranched alkanes of at least 4 members (excludes halogenated alkanes) is 1. The van der Waals surface area contributed by atoms with Crippen molar-refractivity contribution in [2.75, 3.05) is 38.1 Å². The number of anilines is 2. The normalized spacial score (nSPS) is 10.2. The molecule has 0 radical (unpaired) electrons. The summed E-state index contributed by atoms with van der Waals surface area (Å²) < 4.78 is 20.4. The number of methoxy groups -OCH3 is 2. The van der Waals surface area contributed by atoms with Crippen molar-refractivity contribution in [3.63, 3.8) is 0 Å². The fraction of sp³-hybridized carbons (Fsp3) is 0.385. The average Bonchev–Trinajstić information content (AvgIpc) is 2.88.